The highest BCUT2D eigenvalue weighted by molar-refractivity contribution is 7.19. The number of nitrogens with zero attached hydrogens (tertiary/aromatic N) is 2. The highest BCUT2D eigenvalue weighted by Crippen LogP contribution is 2.43. The van der Waals surface area contributed by atoms with E-state index >= 15 is 0 Å². The SMILES string of the molecule is NC(=O)C1(CNc2nc(C3CC3)nc3sc4c(c23)CCCC4)CCOCC1. The van der Waals surface area contributed by atoms with Crippen LogP contribution in [0.1, 0.15) is 60.7 Å². The van der Waals surface area contributed by atoms with Crippen molar-refractivity contribution in [1.29, 1.82) is 0 Å². The van der Waals surface area contributed by atoms with Gasteiger partial charge in [-0.2, -0.15) is 0 Å². The largest absolute Gasteiger partial charge is 0.381 e. The summed E-state index contributed by atoms with van der Waals surface area (Å²) < 4.78 is 5.46. The van der Waals surface area contributed by atoms with Gasteiger partial charge in [-0.15, -0.1) is 11.3 Å². The second kappa shape index (κ2) is 6.71. The van der Waals surface area contributed by atoms with Crippen LogP contribution in [-0.2, 0) is 22.4 Å². The van der Waals surface area contributed by atoms with Crippen LogP contribution in [0.15, 0.2) is 0 Å². The zero-order valence-corrected chi connectivity index (χ0v) is 16.4. The summed E-state index contributed by atoms with van der Waals surface area (Å²) in [7, 11) is 0. The van der Waals surface area contributed by atoms with Gasteiger partial charge in [0.15, 0.2) is 0 Å². The van der Waals surface area contributed by atoms with Crippen LogP contribution in [0.4, 0.5) is 5.82 Å². The molecule has 2 aromatic rings. The molecular weight excluding hydrogens is 360 g/mol. The fourth-order valence-electron chi connectivity index (χ4n) is 4.35. The lowest BCUT2D eigenvalue weighted by Gasteiger charge is -2.34. The quantitative estimate of drug-likeness (QED) is 0.824. The molecule has 7 heteroatoms. The molecule has 3 heterocycles. The molecule has 0 unspecified atom stereocenters. The molecule has 3 N–H and O–H groups in total. The topological polar surface area (TPSA) is 90.1 Å². The van der Waals surface area contributed by atoms with Gasteiger partial charge in [0.2, 0.25) is 5.91 Å². The molecular formula is C20H26N4O2S. The normalized spacial score (nSPS) is 21.8. The Morgan fingerprint density at radius 1 is 1.22 bits per heavy atom. The lowest BCUT2D eigenvalue weighted by molar-refractivity contribution is -0.132. The Balaban J connectivity index is 1.52. The van der Waals surface area contributed by atoms with Gasteiger partial charge in [0.05, 0.1) is 10.8 Å². The number of carbonyl (C=O) groups is 1. The van der Waals surface area contributed by atoms with Crippen molar-refractivity contribution in [2.45, 2.75) is 57.3 Å². The van der Waals surface area contributed by atoms with Gasteiger partial charge in [-0.3, -0.25) is 4.79 Å². The molecule has 6 nitrogen and oxygen atoms in total. The minimum atomic E-state index is -0.550. The first-order chi connectivity index (χ1) is 13.2. The van der Waals surface area contributed by atoms with Crippen LogP contribution in [0.25, 0.3) is 10.2 Å². The average molecular weight is 387 g/mol. The predicted octanol–water partition coefficient (Wildman–Crippen LogP) is 3.14. The summed E-state index contributed by atoms with van der Waals surface area (Å²) in [6, 6.07) is 0. The van der Waals surface area contributed by atoms with E-state index in [2.05, 4.69) is 5.32 Å². The second-order valence-electron chi connectivity index (χ2n) is 8.21. The molecule has 1 aliphatic heterocycles. The van der Waals surface area contributed by atoms with Crippen LogP contribution in [0.2, 0.25) is 0 Å². The molecule has 27 heavy (non-hydrogen) atoms. The van der Waals surface area contributed by atoms with Crippen molar-refractivity contribution in [3.8, 4) is 0 Å². The van der Waals surface area contributed by atoms with Gasteiger partial charge in [0.1, 0.15) is 16.5 Å². The summed E-state index contributed by atoms with van der Waals surface area (Å²) in [6.07, 6.45) is 8.43. The summed E-state index contributed by atoms with van der Waals surface area (Å²) in [4.78, 5) is 24.6. The first kappa shape index (κ1) is 17.4. The van der Waals surface area contributed by atoms with Gasteiger partial charge in [0.25, 0.3) is 0 Å². The zero-order chi connectivity index (χ0) is 18.4. The number of aromatic nitrogens is 2. The van der Waals surface area contributed by atoms with E-state index in [1.54, 1.807) is 0 Å². The number of hydrogen-bond acceptors (Lipinski definition) is 6. The van der Waals surface area contributed by atoms with E-state index in [1.165, 1.54) is 41.5 Å². The monoisotopic (exact) mass is 386 g/mol. The first-order valence-corrected chi connectivity index (χ1v) is 10.9. The third-order valence-corrected chi connectivity index (χ3v) is 7.53. The summed E-state index contributed by atoms with van der Waals surface area (Å²) in [5, 5.41) is 4.72. The molecule has 1 saturated heterocycles. The van der Waals surface area contributed by atoms with E-state index in [1.807, 2.05) is 11.3 Å². The molecule has 0 aromatic carbocycles. The third-order valence-electron chi connectivity index (χ3n) is 6.34. The van der Waals surface area contributed by atoms with E-state index in [-0.39, 0.29) is 5.91 Å². The van der Waals surface area contributed by atoms with Crippen LogP contribution < -0.4 is 11.1 Å². The van der Waals surface area contributed by atoms with Gasteiger partial charge >= 0.3 is 0 Å². The van der Waals surface area contributed by atoms with E-state index in [0.717, 1.165) is 29.3 Å². The molecule has 0 bridgehead atoms. The van der Waals surface area contributed by atoms with Crippen LogP contribution in [-0.4, -0.2) is 35.6 Å². The van der Waals surface area contributed by atoms with Crippen LogP contribution in [0.3, 0.4) is 0 Å². The Bertz CT molecular complexity index is 884. The number of amides is 1. The standard InChI is InChI=1S/C20H26N4O2S/c21-19(25)20(7-9-26-10-8-20)11-22-17-15-13-3-1-2-4-14(13)27-18(15)24-16(23-17)12-5-6-12/h12H,1-11H2,(H2,21,25)(H,22,23,24). The predicted molar refractivity (Wildman–Crippen MR) is 106 cm³/mol. The maximum atomic E-state index is 12.2. The fraction of sp³-hybridized carbons (Fsp3) is 0.650. The van der Waals surface area contributed by atoms with Gasteiger partial charge in [-0.1, -0.05) is 0 Å². The molecule has 2 aromatic heterocycles. The molecule has 0 spiro atoms. The van der Waals surface area contributed by atoms with Crippen molar-refractivity contribution in [3.05, 3.63) is 16.3 Å². The average Bonchev–Trinajstić information content (AvgIpc) is 3.47. The van der Waals surface area contributed by atoms with E-state index in [4.69, 9.17) is 20.4 Å². The number of fused-ring (bicyclic) bond motifs is 3. The fourth-order valence-corrected chi connectivity index (χ4v) is 5.62. The molecule has 1 amide bonds. The zero-order valence-electron chi connectivity index (χ0n) is 15.6. The lowest BCUT2D eigenvalue weighted by Crippen LogP contribution is -2.46. The number of ether oxygens (including phenoxy) is 1. The number of aryl methyl sites for hydroxylation is 2. The molecule has 1 saturated carbocycles. The van der Waals surface area contributed by atoms with Gasteiger partial charge in [-0.25, -0.2) is 9.97 Å². The Kier molecular flexibility index (Phi) is 4.31. The molecule has 2 fully saturated rings. The van der Waals surface area contributed by atoms with Gasteiger partial charge in [0, 0.05) is 30.6 Å². The Morgan fingerprint density at radius 3 is 2.74 bits per heavy atom. The van der Waals surface area contributed by atoms with Gasteiger partial charge < -0.3 is 15.8 Å². The van der Waals surface area contributed by atoms with Crippen molar-refractivity contribution in [2.75, 3.05) is 25.1 Å². The number of primary amides is 1. The highest BCUT2D eigenvalue weighted by Gasteiger charge is 2.39. The number of anilines is 1. The molecule has 3 aliphatic rings. The highest BCUT2D eigenvalue weighted by atomic mass is 32.1. The molecule has 2 aliphatic carbocycles. The maximum absolute atomic E-state index is 12.2. The van der Waals surface area contributed by atoms with Crippen molar-refractivity contribution >= 4 is 33.3 Å². The van der Waals surface area contributed by atoms with Crippen LogP contribution in [0.5, 0.6) is 0 Å². The second-order valence-corrected chi connectivity index (χ2v) is 9.29. The van der Waals surface area contributed by atoms with Crippen molar-refractivity contribution in [1.82, 2.24) is 9.97 Å². The Hall–Kier alpha value is -1.73. The maximum Gasteiger partial charge on any atom is 0.225 e. The number of thiophene rings is 1. The minimum absolute atomic E-state index is 0.238. The van der Waals surface area contributed by atoms with Crippen molar-refractivity contribution < 1.29 is 9.53 Å². The van der Waals surface area contributed by atoms with Gasteiger partial charge in [-0.05, 0) is 56.9 Å². The first-order valence-electron chi connectivity index (χ1n) is 10.1. The van der Waals surface area contributed by atoms with E-state index < -0.39 is 5.41 Å². The van der Waals surface area contributed by atoms with Crippen LogP contribution >= 0.6 is 11.3 Å². The Labute approximate surface area is 162 Å². The molecule has 0 atom stereocenters. The number of rotatable bonds is 5. The summed E-state index contributed by atoms with van der Waals surface area (Å²) in [6.45, 7) is 1.70. The van der Waals surface area contributed by atoms with Crippen LogP contribution in [0, 0.1) is 5.41 Å². The molecule has 5 rings (SSSR count). The minimum Gasteiger partial charge on any atom is -0.381 e. The summed E-state index contributed by atoms with van der Waals surface area (Å²) in [5.41, 5.74) is 6.66. The molecule has 0 radical (unpaired) electrons. The van der Waals surface area contributed by atoms with Crippen molar-refractivity contribution in [3.63, 3.8) is 0 Å². The Morgan fingerprint density at radius 2 is 2.00 bits per heavy atom. The smallest absolute Gasteiger partial charge is 0.225 e. The van der Waals surface area contributed by atoms with E-state index in [0.29, 0.717) is 38.5 Å². The van der Waals surface area contributed by atoms with E-state index in [9.17, 15) is 4.79 Å². The molecule has 144 valence electrons. The summed E-state index contributed by atoms with van der Waals surface area (Å²) >= 11 is 1.84. The number of nitrogens with one attached hydrogen (secondary N) is 1. The number of nitrogens with two attached hydrogens (primary N) is 1. The summed E-state index contributed by atoms with van der Waals surface area (Å²) in [5.74, 6) is 2.14. The van der Waals surface area contributed by atoms with Crippen molar-refractivity contribution in [2.24, 2.45) is 11.1 Å². The number of hydrogen-bond donors (Lipinski definition) is 2. The number of carbonyl (C=O) groups excluding carboxylic acids is 1. The lowest BCUT2D eigenvalue weighted by atomic mass is 9.79. The third kappa shape index (κ3) is 3.10.